The maximum Gasteiger partial charge on any atom is 0 e. The van der Waals surface area contributed by atoms with E-state index in [4.69, 9.17) is 0 Å². The molecule has 0 radical (unpaired) electrons. The van der Waals surface area contributed by atoms with Crippen molar-refractivity contribution in [2.45, 2.75) is 41.5 Å². The minimum absolute atomic E-state index is 0. The molecule has 0 aromatic heterocycles. The standard InChI is InChI=1S/2C9H12.Cr/c2*1-7-4-5-8(2)9(3)6-7;/h2*4-6H,1-3H3;. The molecule has 0 bridgehead atoms. The number of benzene rings is 2. The maximum atomic E-state index is 2.20. The summed E-state index contributed by atoms with van der Waals surface area (Å²) in [5.41, 5.74) is 8.21. The van der Waals surface area contributed by atoms with E-state index in [-0.39, 0.29) is 17.4 Å². The largest absolute Gasteiger partial charge is 0.0590 e. The predicted octanol–water partition coefficient (Wildman–Crippen LogP) is 5.22. The van der Waals surface area contributed by atoms with Gasteiger partial charge in [-0.05, 0) is 63.8 Å². The van der Waals surface area contributed by atoms with Crippen molar-refractivity contribution in [2.75, 3.05) is 0 Å². The molecule has 0 amide bonds. The quantitative estimate of drug-likeness (QED) is 0.624. The molecular formula is C18H24Cr. The van der Waals surface area contributed by atoms with Crippen LogP contribution in [0, 0.1) is 41.5 Å². The molecule has 0 saturated heterocycles. The Kier molecular flexibility index (Phi) is 7.76. The fourth-order valence-electron chi connectivity index (χ4n) is 1.78. The van der Waals surface area contributed by atoms with Gasteiger partial charge in [0.2, 0.25) is 0 Å². The van der Waals surface area contributed by atoms with Crippen molar-refractivity contribution >= 4 is 0 Å². The van der Waals surface area contributed by atoms with E-state index in [2.05, 4.69) is 77.9 Å². The van der Waals surface area contributed by atoms with Crippen molar-refractivity contribution in [3.8, 4) is 0 Å². The van der Waals surface area contributed by atoms with Crippen LogP contribution in [0.15, 0.2) is 36.4 Å². The normalized spacial score (nSPS) is 9.16. The molecule has 0 atom stereocenters. The Morgan fingerprint density at radius 2 is 0.789 bits per heavy atom. The summed E-state index contributed by atoms with van der Waals surface area (Å²) >= 11 is 0. The van der Waals surface area contributed by atoms with E-state index in [1.165, 1.54) is 33.4 Å². The van der Waals surface area contributed by atoms with E-state index in [0.29, 0.717) is 0 Å². The fraction of sp³-hybridized carbons (Fsp3) is 0.333. The molecule has 2 aromatic carbocycles. The summed E-state index contributed by atoms with van der Waals surface area (Å²) in [5, 5.41) is 0. The van der Waals surface area contributed by atoms with E-state index < -0.39 is 0 Å². The molecular weight excluding hydrogens is 268 g/mol. The van der Waals surface area contributed by atoms with Crippen LogP contribution < -0.4 is 0 Å². The summed E-state index contributed by atoms with van der Waals surface area (Å²) < 4.78 is 0. The molecule has 0 aliphatic heterocycles. The molecule has 0 spiro atoms. The zero-order valence-corrected chi connectivity index (χ0v) is 14.1. The Bertz CT molecular complexity index is 478. The minimum atomic E-state index is 0. The summed E-state index contributed by atoms with van der Waals surface area (Å²) in [5.74, 6) is 0. The summed E-state index contributed by atoms with van der Waals surface area (Å²) in [4.78, 5) is 0. The molecule has 0 heterocycles. The zero-order valence-electron chi connectivity index (χ0n) is 12.9. The van der Waals surface area contributed by atoms with Gasteiger partial charge in [-0.2, -0.15) is 0 Å². The number of hydrogen-bond donors (Lipinski definition) is 0. The minimum Gasteiger partial charge on any atom is -0.0590 e. The van der Waals surface area contributed by atoms with Crippen molar-refractivity contribution in [1.29, 1.82) is 0 Å². The molecule has 19 heavy (non-hydrogen) atoms. The Hall–Kier alpha value is -1.03. The van der Waals surface area contributed by atoms with Gasteiger partial charge in [0.1, 0.15) is 0 Å². The molecule has 0 saturated carbocycles. The van der Waals surface area contributed by atoms with Crippen molar-refractivity contribution < 1.29 is 17.4 Å². The first-order valence-electron chi connectivity index (χ1n) is 6.48. The predicted molar refractivity (Wildman–Crippen MR) is 81.3 cm³/mol. The SMILES string of the molecule is Cc1ccc(C)c(C)c1.Cc1ccc(C)c(C)c1.[Cr]. The molecule has 0 N–H and O–H groups in total. The van der Waals surface area contributed by atoms with Crippen molar-refractivity contribution in [3.63, 3.8) is 0 Å². The van der Waals surface area contributed by atoms with Crippen molar-refractivity contribution in [2.24, 2.45) is 0 Å². The third-order valence-corrected chi connectivity index (χ3v) is 3.32. The van der Waals surface area contributed by atoms with Gasteiger partial charge in [-0.25, -0.2) is 0 Å². The fourth-order valence-corrected chi connectivity index (χ4v) is 1.78. The molecule has 2 aromatic rings. The third kappa shape index (κ3) is 6.10. The number of rotatable bonds is 0. The van der Waals surface area contributed by atoms with Crippen LogP contribution in [0.3, 0.4) is 0 Å². The monoisotopic (exact) mass is 292 g/mol. The summed E-state index contributed by atoms with van der Waals surface area (Å²) in [6, 6.07) is 13.0. The molecule has 1 heteroatoms. The zero-order chi connectivity index (χ0) is 13.7. The second-order valence-electron chi connectivity index (χ2n) is 5.18. The van der Waals surface area contributed by atoms with Gasteiger partial charge in [-0.3, -0.25) is 0 Å². The van der Waals surface area contributed by atoms with Gasteiger partial charge in [0.05, 0.1) is 0 Å². The summed E-state index contributed by atoms with van der Waals surface area (Å²) in [7, 11) is 0. The molecule has 102 valence electrons. The maximum absolute atomic E-state index is 2.20. The van der Waals surface area contributed by atoms with Crippen molar-refractivity contribution in [3.05, 3.63) is 69.8 Å². The van der Waals surface area contributed by atoms with Gasteiger partial charge in [0.15, 0.2) is 0 Å². The van der Waals surface area contributed by atoms with E-state index in [1.807, 2.05) is 0 Å². The molecule has 0 aliphatic rings. The third-order valence-electron chi connectivity index (χ3n) is 3.32. The van der Waals surface area contributed by atoms with E-state index in [9.17, 15) is 0 Å². The van der Waals surface area contributed by atoms with Crippen molar-refractivity contribution in [1.82, 2.24) is 0 Å². The van der Waals surface area contributed by atoms with E-state index >= 15 is 0 Å². The Balaban J connectivity index is 0.000000324. The van der Waals surface area contributed by atoms with Crippen LogP contribution in [0.2, 0.25) is 0 Å². The summed E-state index contributed by atoms with van der Waals surface area (Å²) in [6.45, 7) is 12.8. The Morgan fingerprint density at radius 3 is 1.00 bits per heavy atom. The van der Waals surface area contributed by atoms with Gasteiger partial charge in [0, 0.05) is 17.4 Å². The molecule has 0 unspecified atom stereocenters. The Labute approximate surface area is 129 Å². The first-order chi connectivity index (χ1) is 8.40. The second kappa shape index (κ2) is 8.20. The van der Waals surface area contributed by atoms with Crippen LogP contribution in [0.1, 0.15) is 33.4 Å². The van der Waals surface area contributed by atoms with Gasteiger partial charge < -0.3 is 0 Å². The second-order valence-corrected chi connectivity index (χ2v) is 5.18. The van der Waals surface area contributed by atoms with Crippen LogP contribution in [0.4, 0.5) is 0 Å². The van der Waals surface area contributed by atoms with E-state index in [0.717, 1.165) is 0 Å². The van der Waals surface area contributed by atoms with Crippen LogP contribution in [0.25, 0.3) is 0 Å². The topological polar surface area (TPSA) is 0 Å². The number of aryl methyl sites for hydroxylation is 6. The summed E-state index contributed by atoms with van der Waals surface area (Å²) in [6.07, 6.45) is 0. The van der Waals surface area contributed by atoms with Crippen LogP contribution >= 0.6 is 0 Å². The van der Waals surface area contributed by atoms with Gasteiger partial charge >= 0.3 is 0 Å². The molecule has 0 fully saturated rings. The van der Waals surface area contributed by atoms with Gasteiger partial charge in [-0.1, -0.05) is 47.5 Å². The molecule has 0 nitrogen and oxygen atoms in total. The van der Waals surface area contributed by atoms with Gasteiger partial charge in [0.25, 0.3) is 0 Å². The Morgan fingerprint density at radius 1 is 0.474 bits per heavy atom. The first kappa shape index (κ1) is 18.0. The molecule has 0 aliphatic carbocycles. The molecule has 2 rings (SSSR count). The van der Waals surface area contributed by atoms with Crippen LogP contribution in [-0.2, 0) is 17.4 Å². The average Bonchev–Trinajstić information content (AvgIpc) is 2.30. The number of hydrogen-bond acceptors (Lipinski definition) is 0. The van der Waals surface area contributed by atoms with E-state index in [1.54, 1.807) is 0 Å². The van der Waals surface area contributed by atoms with Crippen LogP contribution in [0.5, 0.6) is 0 Å². The van der Waals surface area contributed by atoms with Crippen LogP contribution in [-0.4, -0.2) is 0 Å². The first-order valence-corrected chi connectivity index (χ1v) is 6.48. The smallest absolute Gasteiger partial charge is 0 e. The van der Waals surface area contributed by atoms with Gasteiger partial charge in [-0.15, -0.1) is 0 Å². The average molecular weight is 292 g/mol.